The highest BCUT2D eigenvalue weighted by Crippen LogP contribution is 1.59. The summed E-state index contributed by atoms with van der Waals surface area (Å²) in [5.41, 5.74) is 0. The minimum absolute atomic E-state index is 0. The van der Waals surface area contributed by atoms with Gasteiger partial charge in [0.15, 0.2) is 0 Å². The fourth-order valence-electron chi connectivity index (χ4n) is 0. The Labute approximate surface area is 72.8 Å². The second-order valence-electron chi connectivity index (χ2n) is 1.06. The van der Waals surface area contributed by atoms with E-state index in [1.807, 2.05) is 0 Å². The molecule has 0 bridgehead atoms. The Kier molecular flexibility index (Phi) is 9.76. The maximum Gasteiger partial charge on any atom is 0.414 e. The van der Waals surface area contributed by atoms with Gasteiger partial charge in [-0.15, -0.1) is 12.4 Å². The molecular formula is C2H5ClO8S. The van der Waals surface area contributed by atoms with Gasteiger partial charge in [-0.3, -0.25) is 9.11 Å². The highest BCUT2D eigenvalue weighted by Gasteiger charge is 2.04. The molecule has 0 heterocycles. The van der Waals surface area contributed by atoms with E-state index in [0.29, 0.717) is 0 Å². The summed E-state index contributed by atoms with van der Waals surface area (Å²) in [7, 11) is -4.67. The number of carbonyl (C=O) groups is 2. The number of hydrogen-bond donors (Lipinski definition) is 4. The third-order valence-electron chi connectivity index (χ3n) is 0.183. The highest BCUT2D eigenvalue weighted by molar-refractivity contribution is 7.79. The van der Waals surface area contributed by atoms with Crippen molar-refractivity contribution in [3.63, 3.8) is 0 Å². The molecular weight excluding hydrogens is 220 g/mol. The maximum absolute atomic E-state index is 9.10. The molecule has 0 aromatic carbocycles. The van der Waals surface area contributed by atoms with Crippen LogP contribution in [0.3, 0.4) is 0 Å². The summed E-state index contributed by atoms with van der Waals surface area (Å²) in [6.45, 7) is 0. The van der Waals surface area contributed by atoms with Crippen molar-refractivity contribution in [1.82, 2.24) is 0 Å². The molecule has 0 saturated carbocycles. The largest absolute Gasteiger partial charge is 0.473 e. The van der Waals surface area contributed by atoms with Gasteiger partial charge in [0.1, 0.15) is 0 Å². The summed E-state index contributed by atoms with van der Waals surface area (Å²) in [5.74, 6) is -3.65. The van der Waals surface area contributed by atoms with Crippen molar-refractivity contribution in [3.05, 3.63) is 0 Å². The molecule has 0 radical (unpaired) electrons. The van der Waals surface area contributed by atoms with E-state index in [4.69, 9.17) is 37.3 Å². The second-order valence-corrected chi connectivity index (χ2v) is 1.95. The van der Waals surface area contributed by atoms with Gasteiger partial charge >= 0.3 is 22.3 Å². The number of carboxylic acids is 2. The summed E-state index contributed by atoms with van der Waals surface area (Å²) >= 11 is 0. The predicted molar refractivity (Wildman–Crippen MR) is 36.7 cm³/mol. The molecule has 0 aliphatic rings. The molecule has 10 heteroatoms. The summed E-state index contributed by atoms with van der Waals surface area (Å²) in [4.78, 5) is 18.2. The molecule has 0 spiro atoms. The molecule has 0 fully saturated rings. The Morgan fingerprint density at radius 2 is 1.00 bits per heavy atom. The first-order chi connectivity index (χ1) is 4.64. The zero-order chi connectivity index (χ0) is 9.65. The number of hydrogen-bond acceptors (Lipinski definition) is 4. The number of carboxylic acid groups (broad SMARTS) is 2. The molecule has 12 heavy (non-hydrogen) atoms. The van der Waals surface area contributed by atoms with Gasteiger partial charge in [-0.2, -0.15) is 8.42 Å². The van der Waals surface area contributed by atoms with Crippen LogP contribution in [-0.4, -0.2) is 39.7 Å². The number of rotatable bonds is 0. The van der Waals surface area contributed by atoms with E-state index in [9.17, 15) is 0 Å². The van der Waals surface area contributed by atoms with Gasteiger partial charge in [-0.05, 0) is 0 Å². The predicted octanol–water partition coefficient (Wildman–Crippen LogP) is -1.08. The molecule has 0 aromatic rings. The molecule has 0 atom stereocenters. The molecule has 0 rings (SSSR count). The van der Waals surface area contributed by atoms with Gasteiger partial charge in [0.25, 0.3) is 0 Å². The van der Waals surface area contributed by atoms with Crippen LogP contribution in [0.4, 0.5) is 0 Å². The van der Waals surface area contributed by atoms with E-state index in [-0.39, 0.29) is 12.4 Å². The molecule has 0 saturated heterocycles. The van der Waals surface area contributed by atoms with E-state index in [2.05, 4.69) is 0 Å². The van der Waals surface area contributed by atoms with Crippen LogP contribution in [0.25, 0.3) is 0 Å². The average Bonchev–Trinajstić information content (AvgIpc) is 1.59. The van der Waals surface area contributed by atoms with Crippen LogP contribution in [0.1, 0.15) is 0 Å². The van der Waals surface area contributed by atoms with E-state index < -0.39 is 22.3 Å². The van der Waals surface area contributed by atoms with Crippen molar-refractivity contribution >= 4 is 34.7 Å². The number of halogens is 1. The van der Waals surface area contributed by atoms with Crippen molar-refractivity contribution in [1.29, 1.82) is 0 Å². The summed E-state index contributed by atoms with van der Waals surface area (Å²) < 4.78 is 31.6. The summed E-state index contributed by atoms with van der Waals surface area (Å²) in [6.07, 6.45) is 0. The molecule has 0 aliphatic carbocycles. The van der Waals surface area contributed by atoms with Crippen molar-refractivity contribution in [2.45, 2.75) is 0 Å². The van der Waals surface area contributed by atoms with Gasteiger partial charge < -0.3 is 10.2 Å². The third-order valence-corrected chi connectivity index (χ3v) is 0.183. The van der Waals surface area contributed by atoms with Gasteiger partial charge in [0.05, 0.1) is 0 Å². The SMILES string of the molecule is Cl.O=C(O)C(=O)O.O=S(=O)(O)O. The first kappa shape index (κ1) is 17.3. The molecule has 0 aliphatic heterocycles. The first-order valence-corrected chi connectivity index (χ1v) is 3.20. The van der Waals surface area contributed by atoms with E-state index in [0.717, 1.165) is 0 Å². The zero-order valence-corrected chi connectivity index (χ0v) is 6.87. The van der Waals surface area contributed by atoms with Crippen molar-refractivity contribution in [2.24, 2.45) is 0 Å². The van der Waals surface area contributed by atoms with Gasteiger partial charge in [0, 0.05) is 0 Å². The van der Waals surface area contributed by atoms with Crippen LogP contribution in [-0.2, 0) is 20.0 Å². The van der Waals surface area contributed by atoms with Crippen LogP contribution in [0.2, 0.25) is 0 Å². The van der Waals surface area contributed by atoms with Gasteiger partial charge in [-0.25, -0.2) is 9.59 Å². The van der Waals surface area contributed by atoms with Crippen LogP contribution >= 0.6 is 12.4 Å². The van der Waals surface area contributed by atoms with E-state index in [1.54, 1.807) is 0 Å². The summed E-state index contributed by atoms with van der Waals surface area (Å²) in [6, 6.07) is 0. The van der Waals surface area contributed by atoms with Gasteiger partial charge in [0.2, 0.25) is 0 Å². The van der Waals surface area contributed by atoms with Crippen molar-refractivity contribution in [3.8, 4) is 0 Å². The minimum Gasteiger partial charge on any atom is -0.473 e. The smallest absolute Gasteiger partial charge is 0.414 e. The summed E-state index contributed by atoms with van der Waals surface area (Å²) in [5, 5.41) is 14.8. The Hall–Kier alpha value is -0.900. The highest BCUT2D eigenvalue weighted by atomic mass is 35.5. The molecule has 4 N–H and O–H groups in total. The fourth-order valence-corrected chi connectivity index (χ4v) is 0. The molecule has 0 amide bonds. The fraction of sp³-hybridized carbons (Fsp3) is 0. The third kappa shape index (κ3) is 62.1. The van der Waals surface area contributed by atoms with Crippen molar-refractivity contribution < 1.29 is 37.3 Å². The van der Waals surface area contributed by atoms with Crippen LogP contribution in [0, 0.1) is 0 Å². The van der Waals surface area contributed by atoms with Crippen LogP contribution in [0.15, 0.2) is 0 Å². The van der Waals surface area contributed by atoms with Crippen LogP contribution in [0.5, 0.6) is 0 Å². The Balaban J connectivity index is -0.000000126. The monoisotopic (exact) mass is 224 g/mol. The lowest BCUT2D eigenvalue weighted by molar-refractivity contribution is -0.159. The average molecular weight is 225 g/mol. The maximum atomic E-state index is 9.10. The molecule has 8 nitrogen and oxygen atoms in total. The molecule has 0 unspecified atom stereocenters. The van der Waals surface area contributed by atoms with E-state index >= 15 is 0 Å². The lowest BCUT2D eigenvalue weighted by atomic mass is 10.7. The normalized spacial score (nSPS) is 8.50. The van der Waals surface area contributed by atoms with Crippen LogP contribution < -0.4 is 0 Å². The quantitative estimate of drug-likeness (QED) is 0.300. The standard InChI is InChI=1S/C2H2O4.ClH.H2O4S/c3-1(4)2(5)6;;1-5(2,3)4/h(H,3,4)(H,5,6);1H;(H2,1,2,3,4). The lowest BCUT2D eigenvalue weighted by Crippen LogP contribution is -2.09. The first-order valence-electron chi connectivity index (χ1n) is 1.80. The Morgan fingerprint density at radius 3 is 1.00 bits per heavy atom. The molecule has 0 aromatic heterocycles. The van der Waals surface area contributed by atoms with Gasteiger partial charge in [-0.1, -0.05) is 0 Å². The zero-order valence-electron chi connectivity index (χ0n) is 5.24. The minimum atomic E-state index is -4.67. The Morgan fingerprint density at radius 1 is 0.917 bits per heavy atom. The lowest BCUT2D eigenvalue weighted by Gasteiger charge is -1.72. The number of aliphatic carboxylic acids is 2. The van der Waals surface area contributed by atoms with Crippen molar-refractivity contribution in [2.75, 3.05) is 0 Å². The van der Waals surface area contributed by atoms with E-state index in [1.165, 1.54) is 0 Å². The molecule has 74 valence electrons. The second kappa shape index (κ2) is 6.79. The topological polar surface area (TPSA) is 149 Å². The Bertz CT molecular complexity index is 220.